The summed E-state index contributed by atoms with van der Waals surface area (Å²) in [6, 6.07) is 19.1. The van der Waals surface area contributed by atoms with E-state index < -0.39 is 0 Å². The van der Waals surface area contributed by atoms with Crippen molar-refractivity contribution < 1.29 is 14.3 Å². The Balaban J connectivity index is 1.49. The summed E-state index contributed by atoms with van der Waals surface area (Å²) in [5, 5.41) is 9.31. The molecule has 2 N–H and O–H groups in total. The van der Waals surface area contributed by atoms with Gasteiger partial charge in [0.25, 0.3) is 11.5 Å². The molecule has 2 aromatic carbocycles. The SMILES string of the molecule is CCOc1cc(C(=O)Nc2cccc(-c3ccc(=O)[nH]n3)c2)ccc1OCc1cccnc1. The molecule has 8 nitrogen and oxygen atoms in total. The minimum Gasteiger partial charge on any atom is -0.490 e. The number of carbonyl (C=O) groups is 1. The first-order valence-electron chi connectivity index (χ1n) is 10.4. The van der Waals surface area contributed by atoms with Crippen LogP contribution in [-0.4, -0.2) is 27.7 Å². The molecular weight excluding hydrogens is 420 g/mol. The third-order valence-corrected chi connectivity index (χ3v) is 4.72. The summed E-state index contributed by atoms with van der Waals surface area (Å²) in [6.45, 7) is 2.64. The minimum atomic E-state index is -0.290. The van der Waals surface area contributed by atoms with E-state index in [1.54, 1.807) is 54.9 Å². The third kappa shape index (κ3) is 5.62. The predicted octanol–water partition coefficient (Wildman–Crippen LogP) is 4.06. The summed E-state index contributed by atoms with van der Waals surface area (Å²) in [4.78, 5) is 28.2. The van der Waals surface area contributed by atoms with Crippen molar-refractivity contribution in [3.05, 3.63) is 101 Å². The Kier molecular flexibility index (Phi) is 6.75. The molecule has 0 atom stereocenters. The summed E-state index contributed by atoms with van der Waals surface area (Å²) in [6.07, 6.45) is 3.44. The smallest absolute Gasteiger partial charge is 0.264 e. The second kappa shape index (κ2) is 10.2. The molecule has 0 aliphatic rings. The van der Waals surface area contributed by atoms with Crippen LogP contribution in [-0.2, 0) is 6.61 Å². The molecule has 0 aliphatic carbocycles. The lowest BCUT2D eigenvalue weighted by atomic mass is 10.1. The fraction of sp³-hybridized carbons (Fsp3) is 0.120. The van der Waals surface area contributed by atoms with Crippen LogP contribution in [0.5, 0.6) is 11.5 Å². The number of rotatable bonds is 8. The second-order valence-corrected chi connectivity index (χ2v) is 7.09. The van der Waals surface area contributed by atoms with Gasteiger partial charge in [0, 0.05) is 40.8 Å². The van der Waals surface area contributed by atoms with Crippen LogP contribution in [0, 0.1) is 0 Å². The van der Waals surface area contributed by atoms with Gasteiger partial charge >= 0.3 is 0 Å². The first-order valence-corrected chi connectivity index (χ1v) is 10.4. The number of aromatic amines is 1. The maximum atomic E-state index is 12.9. The quantitative estimate of drug-likeness (QED) is 0.426. The van der Waals surface area contributed by atoms with Crippen molar-refractivity contribution in [2.45, 2.75) is 13.5 Å². The fourth-order valence-corrected chi connectivity index (χ4v) is 3.15. The highest BCUT2D eigenvalue weighted by Gasteiger charge is 2.13. The molecule has 0 unspecified atom stereocenters. The number of hydrogen-bond acceptors (Lipinski definition) is 6. The molecule has 4 rings (SSSR count). The van der Waals surface area contributed by atoms with Crippen molar-refractivity contribution in [2.24, 2.45) is 0 Å². The largest absolute Gasteiger partial charge is 0.490 e. The topological polar surface area (TPSA) is 106 Å². The Labute approximate surface area is 190 Å². The lowest BCUT2D eigenvalue weighted by molar-refractivity contribution is 0.102. The Hall–Kier alpha value is -4.46. The number of carbonyl (C=O) groups excluding carboxylic acids is 1. The van der Waals surface area contributed by atoms with Crippen LogP contribution in [0.3, 0.4) is 0 Å². The van der Waals surface area contributed by atoms with Gasteiger partial charge in [-0.25, -0.2) is 5.10 Å². The average molecular weight is 442 g/mol. The van der Waals surface area contributed by atoms with E-state index in [1.165, 1.54) is 6.07 Å². The van der Waals surface area contributed by atoms with Gasteiger partial charge in [0.05, 0.1) is 12.3 Å². The maximum absolute atomic E-state index is 12.9. The summed E-state index contributed by atoms with van der Waals surface area (Å²) >= 11 is 0. The van der Waals surface area contributed by atoms with Crippen LogP contribution in [0.15, 0.2) is 83.9 Å². The van der Waals surface area contributed by atoms with Crippen molar-refractivity contribution in [3.8, 4) is 22.8 Å². The van der Waals surface area contributed by atoms with E-state index in [2.05, 4.69) is 20.5 Å². The average Bonchev–Trinajstić information content (AvgIpc) is 2.84. The van der Waals surface area contributed by atoms with Gasteiger partial charge in [-0.2, -0.15) is 5.10 Å². The van der Waals surface area contributed by atoms with Crippen molar-refractivity contribution in [3.63, 3.8) is 0 Å². The molecule has 1 amide bonds. The molecule has 4 aromatic rings. The Bertz CT molecular complexity index is 1280. The van der Waals surface area contributed by atoms with Crippen molar-refractivity contribution >= 4 is 11.6 Å². The number of aromatic nitrogens is 3. The van der Waals surface area contributed by atoms with Crippen LogP contribution >= 0.6 is 0 Å². The molecule has 2 heterocycles. The second-order valence-electron chi connectivity index (χ2n) is 7.09. The molecule has 0 fully saturated rings. The molecule has 166 valence electrons. The third-order valence-electron chi connectivity index (χ3n) is 4.72. The van der Waals surface area contributed by atoms with Gasteiger partial charge in [-0.3, -0.25) is 14.6 Å². The number of nitrogens with zero attached hydrogens (tertiary/aromatic N) is 2. The first-order chi connectivity index (χ1) is 16.1. The lowest BCUT2D eigenvalue weighted by Crippen LogP contribution is -2.12. The molecule has 0 bridgehead atoms. The Morgan fingerprint density at radius 1 is 1.00 bits per heavy atom. The van der Waals surface area contributed by atoms with Crippen molar-refractivity contribution in [2.75, 3.05) is 11.9 Å². The highest BCUT2D eigenvalue weighted by molar-refractivity contribution is 6.04. The van der Waals surface area contributed by atoms with Gasteiger partial charge < -0.3 is 14.8 Å². The molecule has 8 heteroatoms. The van der Waals surface area contributed by atoms with E-state index in [0.717, 1.165) is 11.1 Å². The predicted molar refractivity (Wildman–Crippen MR) is 124 cm³/mol. The number of nitrogens with one attached hydrogen (secondary N) is 2. The summed E-state index contributed by atoms with van der Waals surface area (Å²) < 4.78 is 11.6. The van der Waals surface area contributed by atoms with E-state index >= 15 is 0 Å². The molecule has 2 aromatic heterocycles. The first kappa shape index (κ1) is 21.8. The van der Waals surface area contributed by atoms with E-state index in [9.17, 15) is 9.59 Å². The van der Waals surface area contributed by atoms with Crippen molar-refractivity contribution in [1.82, 2.24) is 15.2 Å². The number of hydrogen-bond donors (Lipinski definition) is 2. The highest BCUT2D eigenvalue weighted by atomic mass is 16.5. The van der Waals surface area contributed by atoms with Crippen LogP contribution in [0.2, 0.25) is 0 Å². The number of amides is 1. The van der Waals surface area contributed by atoms with Gasteiger partial charge in [0.1, 0.15) is 6.61 Å². The van der Waals surface area contributed by atoms with Crippen LogP contribution in [0.25, 0.3) is 11.3 Å². The van der Waals surface area contributed by atoms with Gasteiger partial charge in [0.2, 0.25) is 0 Å². The molecule has 0 saturated carbocycles. The normalized spacial score (nSPS) is 10.5. The Morgan fingerprint density at radius 3 is 2.67 bits per heavy atom. The molecule has 0 aliphatic heterocycles. The molecule has 0 saturated heterocycles. The van der Waals surface area contributed by atoms with Crippen LogP contribution in [0.4, 0.5) is 5.69 Å². The number of anilines is 1. The molecule has 0 spiro atoms. The van der Waals surface area contributed by atoms with E-state index in [4.69, 9.17) is 9.47 Å². The Morgan fingerprint density at radius 2 is 1.91 bits per heavy atom. The van der Waals surface area contributed by atoms with Crippen LogP contribution in [0.1, 0.15) is 22.8 Å². The van der Waals surface area contributed by atoms with E-state index in [0.29, 0.717) is 41.7 Å². The van der Waals surface area contributed by atoms with Gasteiger partial charge in [-0.05, 0) is 49.4 Å². The highest BCUT2D eigenvalue weighted by Crippen LogP contribution is 2.30. The number of H-pyrrole nitrogens is 1. The number of ether oxygens (including phenoxy) is 2. The van der Waals surface area contributed by atoms with Gasteiger partial charge in [-0.1, -0.05) is 18.2 Å². The van der Waals surface area contributed by atoms with Gasteiger partial charge in [0.15, 0.2) is 11.5 Å². The molecular formula is C25H22N4O4. The zero-order valence-corrected chi connectivity index (χ0v) is 17.9. The fourth-order valence-electron chi connectivity index (χ4n) is 3.15. The van der Waals surface area contributed by atoms with Crippen LogP contribution < -0.4 is 20.3 Å². The summed E-state index contributed by atoms with van der Waals surface area (Å²) in [5.41, 5.74) is 3.04. The number of pyridine rings is 1. The standard InChI is InChI=1S/C25H22N4O4/c1-2-32-23-14-19(8-10-22(23)33-16-17-5-4-12-26-15-17)25(31)27-20-7-3-6-18(13-20)21-9-11-24(30)29-28-21/h3-15H,2,16H2,1H3,(H,27,31)(H,29,30). The minimum absolute atomic E-state index is 0.277. The number of benzene rings is 2. The molecule has 33 heavy (non-hydrogen) atoms. The summed E-state index contributed by atoms with van der Waals surface area (Å²) in [7, 11) is 0. The van der Waals surface area contributed by atoms with Gasteiger partial charge in [-0.15, -0.1) is 0 Å². The summed E-state index contributed by atoms with van der Waals surface area (Å²) in [5.74, 6) is 0.741. The zero-order valence-electron chi connectivity index (χ0n) is 17.9. The molecule has 0 radical (unpaired) electrons. The zero-order chi connectivity index (χ0) is 23.0. The lowest BCUT2D eigenvalue weighted by Gasteiger charge is -2.14. The monoisotopic (exact) mass is 442 g/mol. The van der Waals surface area contributed by atoms with E-state index in [1.807, 2.05) is 25.1 Å². The van der Waals surface area contributed by atoms with Crippen molar-refractivity contribution in [1.29, 1.82) is 0 Å². The maximum Gasteiger partial charge on any atom is 0.264 e. The van der Waals surface area contributed by atoms with E-state index in [-0.39, 0.29) is 11.5 Å².